The maximum atomic E-state index is 12.7. The zero-order valence-electron chi connectivity index (χ0n) is 14.9. The average molecular weight is 457 g/mol. The molecule has 2 heterocycles. The second-order valence-corrected chi connectivity index (χ2v) is 8.47. The van der Waals surface area contributed by atoms with Crippen LogP contribution in [0.25, 0.3) is 6.08 Å². The smallest absolute Gasteiger partial charge is 0.294 e. The van der Waals surface area contributed by atoms with E-state index in [1.54, 1.807) is 11.0 Å². The lowest BCUT2D eigenvalue weighted by Crippen LogP contribution is -2.44. The molecule has 2 aliphatic rings. The molecule has 7 heteroatoms. The number of nitrogens with zero attached hydrogens (tertiary/aromatic N) is 2. The molecule has 1 saturated heterocycles. The van der Waals surface area contributed by atoms with Crippen molar-refractivity contribution in [2.24, 2.45) is 0 Å². The highest BCUT2D eigenvalue weighted by Gasteiger charge is 2.37. The van der Waals surface area contributed by atoms with Gasteiger partial charge in [0, 0.05) is 17.6 Å². The number of hydrogen-bond donors (Lipinski definition) is 0. The first kappa shape index (κ1) is 19.0. The Morgan fingerprint density at radius 1 is 1.07 bits per heavy atom. The molecule has 0 atom stereocenters. The Bertz CT molecular complexity index is 1000. The number of benzene rings is 2. The quantitative estimate of drug-likeness (QED) is 0.653. The summed E-state index contributed by atoms with van der Waals surface area (Å²) in [6, 6.07) is 15.5. The van der Waals surface area contributed by atoms with Crippen LogP contribution in [0.15, 0.2) is 57.9 Å². The first-order chi connectivity index (χ1) is 13.5. The van der Waals surface area contributed by atoms with Gasteiger partial charge in [0.05, 0.1) is 4.91 Å². The fraction of sp³-hybridized carbons (Fsp3) is 0.190. The minimum Gasteiger partial charge on any atom is -0.336 e. The highest BCUT2D eigenvalue weighted by atomic mass is 79.9. The van der Waals surface area contributed by atoms with Crippen molar-refractivity contribution in [3.8, 4) is 0 Å². The van der Waals surface area contributed by atoms with Crippen LogP contribution >= 0.6 is 27.7 Å². The summed E-state index contributed by atoms with van der Waals surface area (Å²) in [4.78, 5) is 40.8. The molecule has 0 aromatic heterocycles. The molecular formula is C21H17BrN2O3S. The second-order valence-electron chi connectivity index (χ2n) is 6.62. The molecule has 4 rings (SSSR count). The zero-order chi connectivity index (χ0) is 19.7. The van der Waals surface area contributed by atoms with Gasteiger partial charge in [-0.2, -0.15) is 0 Å². The Morgan fingerprint density at radius 2 is 1.79 bits per heavy atom. The van der Waals surface area contributed by atoms with Gasteiger partial charge in [-0.05, 0) is 47.0 Å². The highest BCUT2D eigenvalue weighted by molar-refractivity contribution is 9.10. The minimum absolute atomic E-state index is 0.209. The van der Waals surface area contributed by atoms with E-state index in [2.05, 4.69) is 22.0 Å². The van der Waals surface area contributed by atoms with Gasteiger partial charge in [-0.25, -0.2) is 0 Å². The number of thioether (sulfide) groups is 1. The van der Waals surface area contributed by atoms with Crippen molar-refractivity contribution in [2.75, 3.05) is 13.1 Å². The molecule has 2 aromatic rings. The standard InChI is InChI=1S/C21H17BrN2O3S/c22-17-8-4-3-6-15(17)11-18-20(26)24(21(27)28-18)13-19(25)23-10-9-14-5-1-2-7-16(14)12-23/h1-8,11H,9-10,12-13H2. The summed E-state index contributed by atoms with van der Waals surface area (Å²) in [7, 11) is 0. The molecule has 2 aromatic carbocycles. The first-order valence-corrected chi connectivity index (χ1v) is 10.5. The van der Waals surface area contributed by atoms with Crippen molar-refractivity contribution in [1.29, 1.82) is 0 Å². The maximum Gasteiger partial charge on any atom is 0.294 e. The van der Waals surface area contributed by atoms with Crippen molar-refractivity contribution in [2.45, 2.75) is 13.0 Å². The molecule has 0 bridgehead atoms. The summed E-state index contributed by atoms with van der Waals surface area (Å²) < 4.78 is 0.838. The summed E-state index contributed by atoms with van der Waals surface area (Å²) >= 11 is 4.30. The van der Waals surface area contributed by atoms with Crippen LogP contribution in [0.2, 0.25) is 0 Å². The van der Waals surface area contributed by atoms with E-state index in [0.29, 0.717) is 18.0 Å². The highest BCUT2D eigenvalue weighted by Crippen LogP contribution is 2.33. The monoisotopic (exact) mass is 456 g/mol. The lowest BCUT2D eigenvalue weighted by Gasteiger charge is -2.29. The van der Waals surface area contributed by atoms with Gasteiger partial charge in [-0.15, -0.1) is 0 Å². The zero-order valence-corrected chi connectivity index (χ0v) is 17.3. The number of amides is 3. The predicted molar refractivity (Wildman–Crippen MR) is 112 cm³/mol. The van der Waals surface area contributed by atoms with Crippen LogP contribution in [-0.4, -0.2) is 39.9 Å². The Balaban J connectivity index is 1.47. The van der Waals surface area contributed by atoms with Gasteiger partial charge >= 0.3 is 0 Å². The van der Waals surface area contributed by atoms with Crippen molar-refractivity contribution in [3.63, 3.8) is 0 Å². The Labute approximate surface area is 175 Å². The molecule has 0 unspecified atom stereocenters. The van der Waals surface area contributed by atoms with E-state index in [-0.39, 0.29) is 12.5 Å². The summed E-state index contributed by atoms with van der Waals surface area (Å²) in [5.41, 5.74) is 3.17. The molecule has 0 saturated carbocycles. The van der Waals surface area contributed by atoms with Crippen molar-refractivity contribution < 1.29 is 14.4 Å². The molecule has 0 aliphatic carbocycles. The third kappa shape index (κ3) is 3.77. The fourth-order valence-corrected chi connectivity index (χ4v) is 4.54. The molecule has 0 radical (unpaired) electrons. The van der Waals surface area contributed by atoms with Gasteiger partial charge in [-0.1, -0.05) is 58.4 Å². The molecule has 3 amide bonds. The van der Waals surface area contributed by atoms with Crippen LogP contribution in [0.4, 0.5) is 4.79 Å². The first-order valence-electron chi connectivity index (χ1n) is 8.87. The molecule has 0 spiro atoms. The molecule has 1 fully saturated rings. The van der Waals surface area contributed by atoms with Crippen molar-refractivity contribution in [3.05, 3.63) is 74.6 Å². The Kier molecular flexibility index (Phi) is 5.37. The van der Waals surface area contributed by atoms with E-state index in [0.717, 1.165) is 38.7 Å². The Hall–Kier alpha value is -2.38. The molecule has 28 heavy (non-hydrogen) atoms. The fourth-order valence-electron chi connectivity index (χ4n) is 3.31. The number of carbonyl (C=O) groups is 3. The van der Waals surface area contributed by atoms with Gasteiger partial charge in [0.15, 0.2) is 0 Å². The summed E-state index contributed by atoms with van der Waals surface area (Å²) in [5.74, 6) is -0.629. The number of halogens is 1. The van der Waals surface area contributed by atoms with Crippen molar-refractivity contribution >= 4 is 50.8 Å². The number of imide groups is 1. The third-order valence-electron chi connectivity index (χ3n) is 4.84. The van der Waals surface area contributed by atoms with Crippen LogP contribution in [-0.2, 0) is 22.6 Å². The van der Waals surface area contributed by atoms with E-state index < -0.39 is 11.1 Å². The SMILES string of the molecule is O=C(CN1C(=O)SC(=Cc2ccccc2Br)C1=O)N1CCc2ccccc2C1. The van der Waals surface area contributed by atoms with Gasteiger partial charge in [0.25, 0.3) is 11.1 Å². The van der Waals surface area contributed by atoms with Crippen molar-refractivity contribution in [1.82, 2.24) is 9.80 Å². The van der Waals surface area contributed by atoms with E-state index in [9.17, 15) is 14.4 Å². The molecule has 2 aliphatic heterocycles. The van der Waals surface area contributed by atoms with Gasteiger partial charge in [0.2, 0.25) is 5.91 Å². The molecule has 142 valence electrons. The maximum absolute atomic E-state index is 12.7. The van der Waals surface area contributed by atoms with Crippen LogP contribution in [0.3, 0.4) is 0 Å². The predicted octanol–water partition coefficient (Wildman–Crippen LogP) is 4.07. The summed E-state index contributed by atoms with van der Waals surface area (Å²) in [5, 5.41) is -0.408. The number of carbonyl (C=O) groups excluding carboxylic acids is 3. The lowest BCUT2D eigenvalue weighted by molar-refractivity contribution is -0.136. The van der Waals surface area contributed by atoms with E-state index in [1.165, 1.54) is 5.56 Å². The Morgan fingerprint density at radius 3 is 2.57 bits per heavy atom. The van der Waals surface area contributed by atoms with E-state index in [4.69, 9.17) is 0 Å². The van der Waals surface area contributed by atoms with Gasteiger partial charge < -0.3 is 4.90 Å². The van der Waals surface area contributed by atoms with Crippen LogP contribution in [0, 0.1) is 0 Å². The largest absolute Gasteiger partial charge is 0.336 e. The van der Waals surface area contributed by atoms with Gasteiger partial charge in [0.1, 0.15) is 6.54 Å². The molecule has 5 nitrogen and oxygen atoms in total. The normalized spacial score (nSPS) is 18.0. The molecular weight excluding hydrogens is 440 g/mol. The van der Waals surface area contributed by atoms with Crippen LogP contribution in [0.1, 0.15) is 16.7 Å². The third-order valence-corrected chi connectivity index (χ3v) is 6.47. The number of rotatable bonds is 3. The summed E-state index contributed by atoms with van der Waals surface area (Å²) in [6.45, 7) is 0.886. The van der Waals surface area contributed by atoms with Gasteiger partial charge in [-0.3, -0.25) is 19.3 Å². The van der Waals surface area contributed by atoms with Crippen LogP contribution < -0.4 is 0 Å². The van der Waals surface area contributed by atoms with E-state index >= 15 is 0 Å². The minimum atomic E-state index is -0.420. The summed E-state index contributed by atoms with van der Waals surface area (Å²) in [6.07, 6.45) is 2.46. The second kappa shape index (κ2) is 7.93. The topological polar surface area (TPSA) is 57.7 Å². The number of hydrogen-bond acceptors (Lipinski definition) is 4. The molecule has 0 N–H and O–H groups in total. The lowest BCUT2D eigenvalue weighted by atomic mass is 10.00. The average Bonchev–Trinajstić information content (AvgIpc) is 2.96. The van der Waals surface area contributed by atoms with Crippen LogP contribution in [0.5, 0.6) is 0 Å². The van der Waals surface area contributed by atoms with E-state index in [1.807, 2.05) is 42.5 Å². The number of fused-ring (bicyclic) bond motifs is 1.